The molecule has 2 unspecified atom stereocenters. The Morgan fingerprint density at radius 1 is 1.19 bits per heavy atom. The predicted molar refractivity (Wildman–Crippen MR) is 80.5 cm³/mol. The minimum Gasteiger partial charge on any atom is -0.352 e. The highest BCUT2D eigenvalue weighted by Crippen LogP contribution is 2.29. The first-order valence-electron chi connectivity index (χ1n) is 7.78. The van der Waals surface area contributed by atoms with Crippen LogP contribution in [0.25, 0.3) is 0 Å². The number of amides is 1. The van der Waals surface area contributed by atoms with Gasteiger partial charge in [-0.05, 0) is 57.2 Å². The Bertz CT molecular complexity index is 514. The molecule has 2 fully saturated rings. The average molecular weight is 290 g/mol. The van der Waals surface area contributed by atoms with Gasteiger partial charge < -0.3 is 10.6 Å². The van der Waals surface area contributed by atoms with E-state index in [4.69, 9.17) is 0 Å². The number of benzene rings is 1. The maximum absolute atomic E-state index is 13.0. The first-order chi connectivity index (χ1) is 9.95. The van der Waals surface area contributed by atoms with E-state index in [1.807, 2.05) is 13.8 Å². The van der Waals surface area contributed by atoms with E-state index in [1.165, 1.54) is 25.0 Å². The lowest BCUT2D eigenvalue weighted by Gasteiger charge is -2.33. The van der Waals surface area contributed by atoms with Crippen LogP contribution in [0.4, 0.5) is 4.39 Å². The molecule has 1 aromatic carbocycles. The van der Waals surface area contributed by atoms with Crippen LogP contribution in [0.3, 0.4) is 0 Å². The number of halogens is 1. The quantitative estimate of drug-likeness (QED) is 0.898. The van der Waals surface area contributed by atoms with Crippen molar-refractivity contribution in [1.82, 2.24) is 10.6 Å². The fourth-order valence-electron chi connectivity index (χ4n) is 3.54. The van der Waals surface area contributed by atoms with Gasteiger partial charge >= 0.3 is 0 Å². The molecule has 0 saturated carbocycles. The smallest absolute Gasteiger partial charge is 0.230 e. The lowest BCUT2D eigenvalue weighted by molar-refractivity contribution is -0.126. The van der Waals surface area contributed by atoms with E-state index >= 15 is 0 Å². The van der Waals surface area contributed by atoms with Gasteiger partial charge in [0.2, 0.25) is 5.91 Å². The van der Waals surface area contributed by atoms with Gasteiger partial charge in [-0.1, -0.05) is 12.1 Å². The molecule has 3 nitrogen and oxygen atoms in total. The maximum Gasteiger partial charge on any atom is 0.230 e. The van der Waals surface area contributed by atoms with E-state index in [1.54, 1.807) is 12.1 Å². The van der Waals surface area contributed by atoms with Crippen LogP contribution >= 0.6 is 0 Å². The molecule has 0 aromatic heterocycles. The summed E-state index contributed by atoms with van der Waals surface area (Å²) in [4.78, 5) is 12.6. The zero-order chi connectivity index (χ0) is 15.0. The van der Waals surface area contributed by atoms with E-state index in [0.29, 0.717) is 12.1 Å². The van der Waals surface area contributed by atoms with Gasteiger partial charge in [-0.2, -0.15) is 0 Å². The molecule has 0 radical (unpaired) electrons. The summed E-state index contributed by atoms with van der Waals surface area (Å²) in [6.07, 6.45) is 4.47. The van der Waals surface area contributed by atoms with Crippen molar-refractivity contribution in [3.63, 3.8) is 0 Å². The number of hydrogen-bond acceptors (Lipinski definition) is 2. The minimum atomic E-state index is -0.641. The van der Waals surface area contributed by atoms with Gasteiger partial charge in [0.05, 0.1) is 5.41 Å². The lowest BCUT2D eigenvalue weighted by Crippen LogP contribution is -2.51. The van der Waals surface area contributed by atoms with Crippen molar-refractivity contribution < 1.29 is 9.18 Å². The van der Waals surface area contributed by atoms with Crippen molar-refractivity contribution in [1.29, 1.82) is 0 Å². The fourth-order valence-corrected chi connectivity index (χ4v) is 3.54. The van der Waals surface area contributed by atoms with Crippen LogP contribution < -0.4 is 10.6 Å². The Kier molecular flexibility index (Phi) is 3.74. The monoisotopic (exact) mass is 290 g/mol. The summed E-state index contributed by atoms with van der Waals surface area (Å²) in [6.45, 7) is 3.79. The van der Waals surface area contributed by atoms with Gasteiger partial charge in [0.15, 0.2) is 0 Å². The summed E-state index contributed by atoms with van der Waals surface area (Å²) in [5.74, 6) is -0.245. The molecular weight excluding hydrogens is 267 g/mol. The summed E-state index contributed by atoms with van der Waals surface area (Å²) < 4.78 is 13.0. The highest BCUT2D eigenvalue weighted by Gasteiger charge is 2.37. The molecule has 2 bridgehead atoms. The SMILES string of the molecule is CC(C)(C(=O)NC1CC2CCC(C1)N2)c1ccc(F)cc1. The highest BCUT2D eigenvalue weighted by atomic mass is 19.1. The standard InChI is InChI=1S/C17H23FN2O/c1-17(2,11-3-5-12(18)6-4-11)16(21)20-15-9-13-7-8-14(10-15)19-13/h3-6,13-15,19H,7-10H2,1-2H3,(H,20,21). The van der Waals surface area contributed by atoms with E-state index in [-0.39, 0.29) is 17.8 Å². The number of piperidine rings is 1. The Morgan fingerprint density at radius 3 is 2.33 bits per heavy atom. The molecule has 2 saturated heterocycles. The largest absolute Gasteiger partial charge is 0.352 e. The van der Waals surface area contributed by atoms with Gasteiger partial charge in [0.25, 0.3) is 0 Å². The molecule has 2 N–H and O–H groups in total. The van der Waals surface area contributed by atoms with E-state index in [0.717, 1.165) is 18.4 Å². The number of nitrogens with one attached hydrogen (secondary N) is 2. The van der Waals surface area contributed by atoms with Crippen LogP contribution in [0.1, 0.15) is 45.1 Å². The number of fused-ring (bicyclic) bond motifs is 2. The lowest BCUT2D eigenvalue weighted by atomic mass is 9.83. The summed E-state index contributed by atoms with van der Waals surface area (Å²) in [6, 6.07) is 7.59. The van der Waals surface area contributed by atoms with Crippen LogP contribution in [0, 0.1) is 5.82 Å². The number of rotatable bonds is 3. The van der Waals surface area contributed by atoms with Crippen LogP contribution in [0.5, 0.6) is 0 Å². The van der Waals surface area contributed by atoms with Crippen molar-refractivity contribution in [2.75, 3.05) is 0 Å². The van der Waals surface area contributed by atoms with Crippen LogP contribution in [-0.2, 0) is 10.2 Å². The van der Waals surface area contributed by atoms with Gasteiger partial charge in [-0.15, -0.1) is 0 Å². The van der Waals surface area contributed by atoms with Crippen LogP contribution in [0.2, 0.25) is 0 Å². The summed E-state index contributed by atoms with van der Waals surface area (Å²) >= 11 is 0. The van der Waals surface area contributed by atoms with Crippen molar-refractivity contribution in [3.8, 4) is 0 Å². The highest BCUT2D eigenvalue weighted by molar-refractivity contribution is 5.87. The second-order valence-corrected chi connectivity index (χ2v) is 6.91. The Balaban J connectivity index is 1.67. The number of carbonyl (C=O) groups excluding carboxylic acids is 1. The topological polar surface area (TPSA) is 41.1 Å². The van der Waals surface area contributed by atoms with Gasteiger partial charge in [0.1, 0.15) is 5.82 Å². The number of hydrogen-bond donors (Lipinski definition) is 2. The third-order valence-corrected chi connectivity index (χ3v) is 4.94. The van der Waals surface area contributed by atoms with Crippen LogP contribution in [-0.4, -0.2) is 24.0 Å². The molecule has 21 heavy (non-hydrogen) atoms. The first kappa shape index (κ1) is 14.5. The predicted octanol–water partition coefficient (Wildman–Crippen LogP) is 2.50. The van der Waals surface area contributed by atoms with Crippen molar-refractivity contribution >= 4 is 5.91 Å². The second-order valence-electron chi connectivity index (χ2n) is 6.91. The Labute approximate surface area is 125 Å². The molecule has 1 aromatic rings. The summed E-state index contributed by atoms with van der Waals surface area (Å²) in [5, 5.41) is 6.78. The molecule has 114 valence electrons. The van der Waals surface area contributed by atoms with Gasteiger partial charge in [-0.3, -0.25) is 4.79 Å². The Hall–Kier alpha value is -1.42. The van der Waals surface area contributed by atoms with E-state index < -0.39 is 5.41 Å². The maximum atomic E-state index is 13.0. The molecule has 1 amide bonds. The first-order valence-corrected chi connectivity index (χ1v) is 7.78. The third kappa shape index (κ3) is 2.95. The molecule has 2 aliphatic rings. The summed E-state index contributed by atoms with van der Waals surface area (Å²) in [5.41, 5.74) is 0.204. The van der Waals surface area contributed by atoms with Crippen LogP contribution in [0.15, 0.2) is 24.3 Å². The molecule has 2 aliphatic heterocycles. The van der Waals surface area contributed by atoms with Crippen molar-refractivity contribution in [2.24, 2.45) is 0 Å². The zero-order valence-corrected chi connectivity index (χ0v) is 12.7. The second kappa shape index (κ2) is 5.41. The molecule has 0 spiro atoms. The average Bonchev–Trinajstić information content (AvgIpc) is 2.78. The molecule has 2 atom stereocenters. The molecule has 0 aliphatic carbocycles. The molecule has 2 heterocycles. The van der Waals surface area contributed by atoms with Crippen molar-refractivity contribution in [2.45, 2.75) is 63.1 Å². The fraction of sp³-hybridized carbons (Fsp3) is 0.588. The summed E-state index contributed by atoms with van der Waals surface area (Å²) in [7, 11) is 0. The van der Waals surface area contributed by atoms with Gasteiger partial charge in [-0.25, -0.2) is 4.39 Å². The van der Waals surface area contributed by atoms with E-state index in [2.05, 4.69) is 10.6 Å². The molecule has 3 rings (SSSR count). The zero-order valence-electron chi connectivity index (χ0n) is 12.7. The van der Waals surface area contributed by atoms with Crippen molar-refractivity contribution in [3.05, 3.63) is 35.6 Å². The molecular formula is C17H23FN2O. The number of carbonyl (C=O) groups is 1. The minimum absolute atomic E-state index is 0.0282. The third-order valence-electron chi connectivity index (χ3n) is 4.94. The molecule has 4 heteroatoms. The van der Waals surface area contributed by atoms with E-state index in [9.17, 15) is 9.18 Å². The normalized spacial score (nSPS) is 28.4. The Morgan fingerprint density at radius 2 is 1.76 bits per heavy atom. The van der Waals surface area contributed by atoms with Gasteiger partial charge in [0, 0.05) is 18.1 Å².